The van der Waals surface area contributed by atoms with Gasteiger partial charge in [-0.1, -0.05) is 0 Å². The smallest absolute Gasteiger partial charge is 0.387 e. The fourth-order valence-electron chi connectivity index (χ4n) is 1.88. The van der Waals surface area contributed by atoms with Crippen LogP contribution in [0.25, 0.3) is 0 Å². The molecular weight excluding hydrogens is 358 g/mol. The van der Waals surface area contributed by atoms with Crippen molar-refractivity contribution < 1.29 is 36.6 Å². The number of esters is 1. The molecule has 0 saturated heterocycles. The molecule has 0 aliphatic heterocycles. The van der Waals surface area contributed by atoms with E-state index >= 15 is 0 Å². The molecular formula is C17H13F4NO4. The topological polar surface area (TPSA) is 64.6 Å². The molecule has 138 valence electrons. The molecule has 2 aromatic carbocycles. The Bertz CT molecular complexity index is 796. The molecule has 0 aromatic heterocycles. The molecule has 1 N–H and O–H groups in total. The molecule has 26 heavy (non-hydrogen) atoms. The van der Waals surface area contributed by atoms with Gasteiger partial charge in [-0.25, -0.2) is 13.6 Å². The zero-order valence-corrected chi connectivity index (χ0v) is 13.3. The van der Waals surface area contributed by atoms with E-state index in [4.69, 9.17) is 4.74 Å². The van der Waals surface area contributed by atoms with Crippen molar-refractivity contribution in [2.45, 2.75) is 19.6 Å². The van der Waals surface area contributed by atoms with Crippen molar-refractivity contribution >= 4 is 17.6 Å². The Hall–Kier alpha value is -3.10. The van der Waals surface area contributed by atoms with E-state index in [0.717, 1.165) is 30.3 Å². The number of hydrogen-bond donors (Lipinski definition) is 1. The maximum atomic E-state index is 13.5. The molecule has 0 aliphatic rings. The van der Waals surface area contributed by atoms with Crippen LogP contribution in [-0.4, -0.2) is 24.6 Å². The van der Waals surface area contributed by atoms with Crippen molar-refractivity contribution in [2.24, 2.45) is 0 Å². The summed E-state index contributed by atoms with van der Waals surface area (Å²) in [6.07, 6.45) is -1.32. The number of halogens is 4. The zero-order valence-electron chi connectivity index (χ0n) is 13.3. The summed E-state index contributed by atoms with van der Waals surface area (Å²) in [5.74, 6) is -3.54. The van der Waals surface area contributed by atoms with Gasteiger partial charge in [0.15, 0.2) is 6.10 Å². The lowest BCUT2D eigenvalue weighted by molar-refractivity contribution is -0.123. The van der Waals surface area contributed by atoms with E-state index < -0.39 is 41.9 Å². The average molecular weight is 371 g/mol. The third-order valence-electron chi connectivity index (χ3n) is 3.15. The highest BCUT2D eigenvalue weighted by Crippen LogP contribution is 2.17. The first kappa shape index (κ1) is 19.2. The van der Waals surface area contributed by atoms with Crippen LogP contribution in [0.4, 0.5) is 23.2 Å². The average Bonchev–Trinajstić information content (AvgIpc) is 2.58. The van der Waals surface area contributed by atoms with Gasteiger partial charge in [0.05, 0.1) is 11.3 Å². The van der Waals surface area contributed by atoms with Gasteiger partial charge in [0.2, 0.25) is 0 Å². The van der Waals surface area contributed by atoms with Gasteiger partial charge in [0, 0.05) is 6.07 Å². The second kappa shape index (κ2) is 8.32. The minimum atomic E-state index is -3.00. The van der Waals surface area contributed by atoms with E-state index in [1.807, 2.05) is 0 Å². The Kier molecular flexibility index (Phi) is 6.16. The highest BCUT2D eigenvalue weighted by molar-refractivity contribution is 5.97. The van der Waals surface area contributed by atoms with Gasteiger partial charge in [-0.05, 0) is 43.3 Å². The number of nitrogens with one attached hydrogen (secondary N) is 1. The van der Waals surface area contributed by atoms with E-state index in [9.17, 15) is 27.2 Å². The first-order chi connectivity index (χ1) is 12.3. The molecule has 0 aliphatic carbocycles. The summed E-state index contributed by atoms with van der Waals surface area (Å²) in [5.41, 5.74) is -0.408. The molecule has 2 aromatic rings. The van der Waals surface area contributed by atoms with Crippen LogP contribution in [0.1, 0.15) is 17.3 Å². The summed E-state index contributed by atoms with van der Waals surface area (Å²) in [4.78, 5) is 23.9. The predicted molar refractivity (Wildman–Crippen MR) is 82.9 cm³/mol. The monoisotopic (exact) mass is 371 g/mol. The van der Waals surface area contributed by atoms with Crippen molar-refractivity contribution in [1.29, 1.82) is 0 Å². The normalized spacial score (nSPS) is 11.8. The van der Waals surface area contributed by atoms with Gasteiger partial charge >= 0.3 is 12.6 Å². The molecule has 0 radical (unpaired) electrons. The number of hydrogen-bond acceptors (Lipinski definition) is 4. The molecule has 9 heteroatoms. The van der Waals surface area contributed by atoms with E-state index in [1.165, 1.54) is 19.1 Å². The zero-order chi connectivity index (χ0) is 19.3. The van der Waals surface area contributed by atoms with Gasteiger partial charge in [-0.15, -0.1) is 0 Å². The Labute approximate surface area is 145 Å². The first-order valence-electron chi connectivity index (χ1n) is 7.28. The first-order valence-corrected chi connectivity index (χ1v) is 7.28. The Morgan fingerprint density at radius 1 is 1.04 bits per heavy atom. The number of ether oxygens (including phenoxy) is 2. The highest BCUT2D eigenvalue weighted by Gasteiger charge is 2.20. The molecule has 0 fully saturated rings. The minimum absolute atomic E-state index is 0.0109. The number of amides is 1. The van der Waals surface area contributed by atoms with Crippen LogP contribution in [0.15, 0.2) is 42.5 Å². The van der Waals surface area contributed by atoms with Gasteiger partial charge in [0.1, 0.15) is 17.4 Å². The third kappa shape index (κ3) is 5.20. The fourth-order valence-corrected chi connectivity index (χ4v) is 1.88. The van der Waals surface area contributed by atoms with Crippen LogP contribution in [0.3, 0.4) is 0 Å². The SMILES string of the molecule is CC(OC(=O)c1ccc(OC(F)F)cc1)C(=O)Nc1cc(F)ccc1F. The van der Waals surface area contributed by atoms with E-state index in [0.29, 0.717) is 0 Å². The standard InChI is InChI=1S/C17H13F4NO4/c1-9(15(23)22-14-8-11(18)4-7-13(14)19)25-16(24)10-2-5-12(6-3-10)26-17(20)21/h2-9,17H,1H3,(H,22,23). The Balaban J connectivity index is 1.97. The fraction of sp³-hybridized carbons (Fsp3) is 0.176. The molecule has 0 saturated carbocycles. The summed E-state index contributed by atoms with van der Waals surface area (Å²) in [6, 6.07) is 7.13. The lowest BCUT2D eigenvalue weighted by Crippen LogP contribution is -2.30. The Morgan fingerprint density at radius 3 is 2.31 bits per heavy atom. The summed E-state index contributed by atoms with van der Waals surface area (Å²) >= 11 is 0. The number of rotatable bonds is 6. The minimum Gasteiger partial charge on any atom is -0.449 e. The van der Waals surface area contributed by atoms with E-state index in [2.05, 4.69) is 10.1 Å². The molecule has 0 heterocycles. The molecule has 2 rings (SSSR count). The predicted octanol–water partition coefficient (Wildman–Crippen LogP) is 3.75. The van der Waals surface area contributed by atoms with Crippen LogP contribution in [-0.2, 0) is 9.53 Å². The maximum absolute atomic E-state index is 13.5. The van der Waals surface area contributed by atoms with Crippen LogP contribution < -0.4 is 10.1 Å². The molecule has 0 bridgehead atoms. The van der Waals surface area contributed by atoms with Crippen molar-refractivity contribution in [3.8, 4) is 5.75 Å². The lowest BCUT2D eigenvalue weighted by atomic mass is 10.2. The second-order valence-corrected chi connectivity index (χ2v) is 5.06. The molecule has 0 spiro atoms. The number of alkyl halides is 2. The largest absolute Gasteiger partial charge is 0.449 e. The molecule has 1 amide bonds. The number of benzene rings is 2. The van der Waals surface area contributed by atoms with E-state index in [-0.39, 0.29) is 11.3 Å². The molecule has 1 unspecified atom stereocenters. The summed E-state index contributed by atoms with van der Waals surface area (Å²) in [6.45, 7) is -1.77. The van der Waals surface area contributed by atoms with Crippen LogP contribution in [0, 0.1) is 11.6 Å². The lowest BCUT2D eigenvalue weighted by Gasteiger charge is -2.14. The van der Waals surface area contributed by atoms with Crippen molar-refractivity contribution in [3.05, 3.63) is 59.7 Å². The van der Waals surface area contributed by atoms with Gasteiger partial charge in [-0.3, -0.25) is 4.79 Å². The maximum Gasteiger partial charge on any atom is 0.387 e. The van der Waals surface area contributed by atoms with Crippen LogP contribution in [0.5, 0.6) is 5.75 Å². The highest BCUT2D eigenvalue weighted by atomic mass is 19.3. The van der Waals surface area contributed by atoms with Gasteiger partial charge < -0.3 is 14.8 Å². The summed E-state index contributed by atoms with van der Waals surface area (Å²) in [5, 5.41) is 2.10. The van der Waals surface area contributed by atoms with Crippen molar-refractivity contribution in [3.63, 3.8) is 0 Å². The quantitative estimate of drug-likeness (QED) is 0.621. The van der Waals surface area contributed by atoms with Gasteiger partial charge in [-0.2, -0.15) is 8.78 Å². The van der Waals surface area contributed by atoms with Crippen LogP contribution >= 0.6 is 0 Å². The molecule has 1 atom stereocenters. The van der Waals surface area contributed by atoms with Gasteiger partial charge in [0.25, 0.3) is 5.91 Å². The third-order valence-corrected chi connectivity index (χ3v) is 3.15. The van der Waals surface area contributed by atoms with Crippen molar-refractivity contribution in [2.75, 3.05) is 5.32 Å². The number of carbonyl (C=O) groups excluding carboxylic acids is 2. The number of carbonyl (C=O) groups is 2. The number of anilines is 1. The van der Waals surface area contributed by atoms with Crippen molar-refractivity contribution in [1.82, 2.24) is 0 Å². The van der Waals surface area contributed by atoms with E-state index in [1.54, 1.807) is 0 Å². The summed E-state index contributed by atoms with van der Waals surface area (Å²) in [7, 11) is 0. The van der Waals surface area contributed by atoms with Crippen LogP contribution in [0.2, 0.25) is 0 Å². The molecule has 5 nitrogen and oxygen atoms in total. The summed E-state index contributed by atoms with van der Waals surface area (Å²) < 4.78 is 59.7. The Morgan fingerprint density at radius 2 is 1.69 bits per heavy atom. The second-order valence-electron chi connectivity index (χ2n) is 5.06.